The summed E-state index contributed by atoms with van der Waals surface area (Å²) < 4.78 is 0. The van der Waals surface area contributed by atoms with Crippen molar-refractivity contribution in [2.45, 2.75) is 177 Å². The summed E-state index contributed by atoms with van der Waals surface area (Å²) in [5, 5.41) is 7.01. The smallest absolute Gasteiger partial charge is 0.122 e. The second kappa shape index (κ2) is 38.6. The van der Waals surface area contributed by atoms with E-state index in [1.165, 1.54) is 17.7 Å². The molecule has 0 saturated heterocycles. The number of hydrazine groups is 1. The van der Waals surface area contributed by atoms with Crippen LogP contribution in [-0.2, 0) is 4.84 Å². The minimum absolute atomic E-state index is 0.0915. The molecule has 0 heterocycles. The predicted molar refractivity (Wildman–Crippen MR) is 247 cm³/mol. The average Bonchev–Trinajstić information content (AvgIpc) is 2.99. The van der Waals surface area contributed by atoms with Crippen LogP contribution in [-0.4, -0.2) is 72.9 Å². The molecule has 0 aromatic rings. The molecule has 3 N–H and O–H groups in total. The van der Waals surface area contributed by atoms with Gasteiger partial charge >= 0.3 is 0 Å². The van der Waals surface area contributed by atoms with Gasteiger partial charge in [-0.2, -0.15) is 0 Å². The van der Waals surface area contributed by atoms with Gasteiger partial charge in [-0.1, -0.05) is 92.3 Å². The van der Waals surface area contributed by atoms with Crippen LogP contribution in [0, 0.1) is 11.3 Å². The molecule has 0 radical (unpaired) electrons. The molecule has 0 rings (SSSR count). The highest BCUT2D eigenvalue weighted by atomic mass is 16.6. The predicted octanol–water partition coefficient (Wildman–Crippen LogP) is 11.9. The van der Waals surface area contributed by atoms with Gasteiger partial charge in [0.1, 0.15) is 6.10 Å². The van der Waals surface area contributed by atoms with Crippen molar-refractivity contribution in [3.8, 4) is 0 Å². The van der Waals surface area contributed by atoms with Crippen molar-refractivity contribution in [2.75, 3.05) is 32.7 Å². The fourth-order valence-electron chi connectivity index (χ4n) is 2.40. The summed E-state index contributed by atoms with van der Waals surface area (Å²) in [4.78, 5) is 21.9. The van der Waals surface area contributed by atoms with Gasteiger partial charge in [-0.15, -0.1) is 0 Å². The van der Waals surface area contributed by atoms with E-state index in [1.807, 2.05) is 90.0 Å². The maximum Gasteiger partial charge on any atom is 0.122 e. The second-order valence-corrected chi connectivity index (χ2v) is 16.5. The second-order valence-electron chi connectivity index (χ2n) is 16.5. The summed E-state index contributed by atoms with van der Waals surface area (Å²) in [6.45, 7) is 62.8. The number of nitrogens with one attached hydrogen (secondary N) is 3. The lowest BCUT2D eigenvalue weighted by Gasteiger charge is -2.22. The highest BCUT2D eigenvalue weighted by Gasteiger charge is 2.13. The minimum atomic E-state index is 0.0915. The molecule has 0 spiro atoms. The van der Waals surface area contributed by atoms with Crippen molar-refractivity contribution in [3.05, 3.63) is 36.7 Å². The molecular formula is C44H92N8O. The number of aliphatic imine (C=N–C) groups is 4. The Bertz CT molecular complexity index is 1040. The normalized spacial score (nSPS) is 9.75. The van der Waals surface area contributed by atoms with E-state index in [4.69, 9.17) is 4.84 Å². The molecule has 0 bridgehead atoms. The lowest BCUT2D eigenvalue weighted by atomic mass is 9.88. The van der Waals surface area contributed by atoms with Gasteiger partial charge in [0.25, 0.3) is 0 Å². The molecule has 0 aliphatic heterocycles. The lowest BCUT2D eigenvalue weighted by Crippen LogP contribution is -2.35. The lowest BCUT2D eigenvalue weighted by molar-refractivity contribution is 0.0857. The molecule has 0 aromatic carbocycles. The zero-order valence-electron chi connectivity index (χ0n) is 39.7. The van der Waals surface area contributed by atoms with Gasteiger partial charge in [-0.05, 0) is 115 Å². The standard InChI is InChI=1S/C10H20N2.C10H19N.C8H17N3.C7H15N.C6H13NO.C3H8/c1-8(2)11-7-9(3)12-10(4,5)6;1-8(2)11-7-9(3)10(4,5)6;1-5-10-11-8(4)6-9-7(2)3;1-6(2)5-8-7(3)4;1-5(2)7-8-6(3)4;1-3-2/h12H,3,7H2,1-2,4-6H3;3,7H2,1-2,4-6H3;10-11H,4-6H2,1-3H3;6H,5H2,1-4H3;6H,1-4H3;3H2,1-2H3. The Hall–Kier alpha value is -3.07. The Morgan fingerprint density at radius 3 is 1.21 bits per heavy atom. The van der Waals surface area contributed by atoms with E-state index in [2.05, 4.69) is 130 Å². The monoisotopic (exact) mass is 749 g/mol. The quantitative estimate of drug-likeness (QED) is 0.0934. The van der Waals surface area contributed by atoms with E-state index in [9.17, 15) is 0 Å². The summed E-state index contributed by atoms with van der Waals surface area (Å²) in [6.07, 6.45) is 1.45. The van der Waals surface area contributed by atoms with Crippen LogP contribution in [0.15, 0.2) is 61.8 Å². The molecular weight excluding hydrogens is 657 g/mol. The third-order valence-electron chi connectivity index (χ3n) is 5.03. The average molecular weight is 749 g/mol. The molecule has 0 aliphatic carbocycles. The number of hydrogen-bond donors (Lipinski definition) is 3. The van der Waals surface area contributed by atoms with E-state index in [0.717, 1.165) is 53.9 Å². The molecule has 9 nitrogen and oxygen atoms in total. The zero-order valence-corrected chi connectivity index (χ0v) is 39.7. The van der Waals surface area contributed by atoms with E-state index < -0.39 is 0 Å². The van der Waals surface area contributed by atoms with Crippen LogP contribution in [0.25, 0.3) is 0 Å². The number of nitrogens with zero attached hydrogens (tertiary/aromatic N) is 5. The van der Waals surface area contributed by atoms with E-state index in [0.29, 0.717) is 19.0 Å². The molecule has 0 fully saturated rings. The first-order chi connectivity index (χ1) is 24.0. The molecule has 0 unspecified atom stereocenters. The maximum absolute atomic E-state index is 4.89. The van der Waals surface area contributed by atoms with Crippen molar-refractivity contribution in [3.63, 3.8) is 0 Å². The molecule has 0 aliphatic rings. The van der Waals surface area contributed by atoms with Gasteiger partial charge in [-0.3, -0.25) is 20.0 Å². The third-order valence-corrected chi connectivity index (χ3v) is 5.03. The first-order valence-electron chi connectivity index (χ1n) is 19.4. The number of rotatable bonds is 14. The van der Waals surface area contributed by atoms with Gasteiger partial charge in [0.2, 0.25) is 0 Å². The molecule has 0 atom stereocenters. The van der Waals surface area contributed by atoms with Gasteiger partial charge in [0, 0.05) is 52.9 Å². The van der Waals surface area contributed by atoms with Gasteiger partial charge in [0.05, 0.1) is 25.3 Å². The van der Waals surface area contributed by atoms with E-state index in [-0.39, 0.29) is 17.1 Å². The highest BCUT2D eigenvalue weighted by molar-refractivity contribution is 5.80. The van der Waals surface area contributed by atoms with Crippen LogP contribution >= 0.6 is 0 Å². The van der Waals surface area contributed by atoms with Crippen LogP contribution in [0.2, 0.25) is 0 Å². The topological polar surface area (TPSA) is 107 Å². The van der Waals surface area contributed by atoms with Gasteiger partial charge in [-0.25, -0.2) is 5.43 Å². The number of hydrogen-bond acceptors (Lipinski definition) is 9. The Morgan fingerprint density at radius 2 is 0.962 bits per heavy atom. The fraction of sp³-hybridized carbons (Fsp3) is 0.750. The highest BCUT2D eigenvalue weighted by Crippen LogP contribution is 2.23. The van der Waals surface area contributed by atoms with Crippen molar-refractivity contribution >= 4 is 28.6 Å². The Morgan fingerprint density at radius 1 is 0.585 bits per heavy atom. The third kappa shape index (κ3) is 79.0. The minimum Gasteiger partial charge on any atom is -0.393 e. The van der Waals surface area contributed by atoms with Crippen LogP contribution in [0.4, 0.5) is 0 Å². The Balaban J connectivity index is -0.000000129. The summed E-state index contributed by atoms with van der Waals surface area (Å²) in [5.74, 6) is 0.699. The van der Waals surface area contributed by atoms with E-state index in [1.54, 1.807) is 0 Å². The van der Waals surface area contributed by atoms with Crippen LogP contribution < -0.4 is 16.2 Å². The van der Waals surface area contributed by atoms with E-state index >= 15 is 0 Å². The Labute approximate surface area is 332 Å². The molecule has 9 heteroatoms. The zero-order chi connectivity index (χ0) is 43.4. The maximum atomic E-state index is 4.89. The summed E-state index contributed by atoms with van der Waals surface area (Å²) in [5.41, 5.74) is 14.7. The van der Waals surface area contributed by atoms with Crippen LogP contribution in [0.1, 0.15) is 166 Å². The first-order valence-corrected chi connectivity index (χ1v) is 19.4. The van der Waals surface area contributed by atoms with Gasteiger partial charge in [0.15, 0.2) is 0 Å². The molecule has 0 saturated carbocycles. The van der Waals surface area contributed by atoms with Crippen molar-refractivity contribution in [1.29, 1.82) is 0 Å². The summed E-state index contributed by atoms with van der Waals surface area (Å²) in [7, 11) is 0. The van der Waals surface area contributed by atoms with Crippen molar-refractivity contribution in [1.82, 2.24) is 16.2 Å². The largest absolute Gasteiger partial charge is 0.393 e. The van der Waals surface area contributed by atoms with Crippen molar-refractivity contribution < 1.29 is 4.84 Å². The molecule has 0 amide bonds. The molecule has 0 aromatic heterocycles. The SMILES string of the molecule is C=C(CN=C(C)C)C(C)(C)C.C=C(CN=C(C)C)NC(C)(C)C.C=C(CN=C(C)C)NNCC.CC(C)=NCC(C)C.CC(C)=NOC(C)C.CCC. The molecule has 314 valence electrons. The van der Waals surface area contributed by atoms with Crippen LogP contribution in [0.5, 0.6) is 0 Å². The summed E-state index contributed by atoms with van der Waals surface area (Å²) >= 11 is 0. The van der Waals surface area contributed by atoms with Crippen molar-refractivity contribution in [2.24, 2.45) is 36.5 Å². The summed E-state index contributed by atoms with van der Waals surface area (Å²) in [6, 6.07) is 0. The van der Waals surface area contributed by atoms with Gasteiger partial charge < -0.3 is 15.6 Å². The van der Waals surface area contributed by atoms with Crippen LogP contribution in [0.3, 0.4) is 0 Å². The number of oxime groups is 1. The molecule has 53 heavy (non-hydrogen) atoms. The fourth-order valence-corrected chi connectivity index (χ4v) is 2.40. The Kier molecular flexibility index (Phi) is 45.2. The first kappa shape index (κ1) is 61.9.